The van der Waals surface area contributed by atoms with Crippen LogP contribution in [-0.2, 0) is 17.0 Å². The molecule has 27 heavy (non-hydrogen) atoms. The van der Waals surface area contributed by atoms with E-state index in [9.17, 15) is 17.4 Å². The van der Waals surface area contributed by atoms with Crippen molar-refractivity contribution in [1.29, 1.82) is 0 Å². The van der Waals surface area contributed by atoms with Crippen molar-refractivity contribution in [3.05, 3.63) is 54.6 Å². The molecule has 0 aliphatic rings. The average Bonchev–Trinajstić information content (AvgIpc) is 3.08. The minimum Gasteiger partial charge on any atom is -0.290 e. The quantitative estimate of drug-likeness (QED) is 0.529. The summed E-state index contributed by atoms with van der Waals surface area (Å²) in [6, 6.07) is 10.0. The third kappa shape index (κ3) is 3.18. The lowest BCUT2D eigenvalue weighted by molar-refractivity contribution is -0.141. The van der Waals surface area contributed by atoms with Gasteiger partial charge in [-0.1, -0.05) is 25.1 Å². The lowest BCUT2D eigenvalue weighted by Gasteiger charge is -2.07. The molecule has 3 aromatic heterocycles. The molecule has 0 aliphatic carbocycles. The Morgan fingerprint density at radius 3 is 2.67 bits per heavy atom. The zero-order chi connectivity index (χ0) is 19.2. The number of pyridine rings is 1. The molecule has 4 aromatic rings. The number of nitrogens with zero attached hydrogens (tertiary/aromatic N) is 4. The van der Waals surface area contributed by atoms with Gasteiger partial charge in [-0.05, 0) is 12.1 Å². The van der Waals surface area contributed by atoms with E-state index in [2.05, 4.69) is 15.0 Å². The highest BCUT2D eigenvalue weighted by atomic mass is 32.2. The van der Waals surface area contributed by atoms with Gasteiger partial charge in [0, 0.05) is 23.4 Å². The van der Waals surface area contributed by atoms with E-state index in [0.29, 0.717) is 27.6 Å². The number of rotatable bonds is 3. The van der Waals surface area contributed by atoms with Crippen LogP contribution in [0.4, 0.5) is 13.2 Å². The van der Waals surface area contributed by atoms with Gasteiger partial charge in [0.25, 0.3) is 0 Å². The Kier molecular flexibility index (Phi) is 4.18. The lowest BCUT2D eigenvalue weighted by Crippen LogP contribution is -2.08. The Labute approximate surface area is 154 Å². The smallest absolute Gasteiger partial charge is 0.290 e. The molecule has 0 bridgehead atoms. The number of aromatic nitrogens is 4. The molecule has 0 aliphatic heterocycles. The number of imidazole rings is 1. The summed E-state index contributed by atoms with van der Waals surface area (Å²) in [6.07, 6.45) is -1.95. The molecule has 1 aromatic carbocycles. The van der Waals surface area contributed by atoms with Gasteiger partial charge in [-0.25, -0.2) is 15.0 Å². The van der Waals surface area contributed by atoms with Crippen molar-refractivity contribution < 1.29 is 17.4 Å². The van der Waals surface area contributed by atoms with Crippen LogP contribution in [0.25, 0.3) is 27.9 Å². The molecule has 0 spiro atoms. The summed E-state index contributed by atoms with van der Waals surface area (Å²) >= 11 is 0. The van der Waals surface area contributed by atoms with Crippen LogP contribution in [0.15, 0.2) is 53.8 Å². The molecular weight excluding hydrogens is 377 g/mol. The van der Waals surface area contributed by atoms with Gasteiger partial charge in [-0.3, -0.25) is 8.61 Å². The Balaban J connectivity index is 1.94. The van der Waals surface area contributed by atoms with E-state index >= 15 is 0 Å². The van der Waals surface area contributed by atoms with Crippen LogP contribution >= 0.6 is 0 Å². The lowest BCUT2D eigenvalue weighted by atomic mass is 10.2. The molecule has 1 unspecified atom stereocenters. The van der Waals surface area contributed by atoms with Crippen LogP contribution < -0.4 is 0 Å². The fourth-order valence-corrected chi connectivity index (χ4v) is 3.70. The van der Waals surface area contributed by atoms with Crippen LogP contribution in [0.3, 0.4) is 0 Å². The molecule has 4 rings (SSSR count). The van der Waals surface area contributed by atoms with Crippen molar-refractivity contribution in [3.63, 3.8) is 0 Å². The van der Waals surface area contributed by atoms with E-state index < -0.39 is 22.7 Å². The maximum atomic E-state index is 12.9. The van der Waals surface area contributed by atoms with Gasteiger partial charge in [0.1, 0.15) is 29.1 Å². The second kappa shape index (κ2) is 6.41. The Morgan fingerprint density at radius 2 is 1.93 bits per heavy atom. The van der Waals surface area contributed by atoms with Crippen molar-refractivity contribution in [2.45, 2.75) is 18.0 Å². The average molecular weight is 390 g/mol. The first-order chi connectivity index (χ1) is 12.9. The fourth-order valence-electron chi connectivity index (χ4n) is 2.77. The highest BCUT2D eigenvalue weighted by molar-refractivity contribution is 7.85. The van der Waals surface area contributed by atoms with E-state index in [1.54, 1.807) is 13.0 Å². The Hall–Kier alpha value is -2.81. The van der Waals surface area contributed by atoms with Gasteiger partial charge < -0.3 is 0 Å². The highest BCUT2D eigenvalue weighted by Gasteiger charge is 2.33. The minimum absolute atomic E-state index is 0.0931. The van der Waals surface area contributed by atoms with Crippen molar-refractivity contribution in [3.8, 4) is 11.4 Å². The van der Waals surface area contributed by atoms with Crippen LogP contribution in [0.2, 0.25) is 0 Å². The Bertz CT molecular complexity index is 1190. The number of benzene rings is 1. The molecule has 0 saturated heterocycles. The summed E-state index contributed by atoms with van der Waals surface area (Å²) in [7, 11) is -1.31. The highest BCUT2D eigenvalue weighted by Crippen LogP contribution is 2.30. The first-order valence-corrected chi connectivity index (χ1v) is 9.39. The van der Waals surface area contributed by atoms with E-state index in [1.165, 1.54) is 10.6 Å². The van der Waals surface area contributed by atoms with Gasteiger partial charge in [-0.2, -0.15) is 13.2 Å². The van der Waals surface area contributed by atoms with Gasteiger partial charge in [-0.15, -0.1) is 0 Å². The van der Waals surface area contributed by atoms with Crippen LogP contribution in [-0.4, -0.2) is 29.3 Å². The standard InChI is InChI=1S/C18H13F3N4OS/c1-2-27(26)14-7-11-5-3-4-6-12(11)24-17(14)13-9-25-10-22-15(18(19,20)21)8-16(25)23-13/h3-10H,2H2,1H3. The molecular formula is C18H13F3N4OS. The third-order valence-electron chi connectivity index (χ3n) is 4.08. The van der Waals surface area contributed by atoms with Crippen LogP contribution in [0.1, 0.15) is 12.6 Å². The van der Waals surface area contributed by atoms with Crippen molar-refractivity contribution in [2.75, 3.05) is 5.75 Å². The molecule has 0 amide bonds. The molecule has 5 nitrogen and oxygen atoms in total. The summed E-state index contributed by atoms with van der Waals surface area (Å²) in [5, 5.41) is 0.836. The van der Waals surface area contributed by atoms with E-state index in [4.69, 9.17) is 0 Å². The maximum Gasteiger partial charge on any atom is 0.433 e. The van der Waals surface area contributed by atoms with Gasteiger partial charge in [0.15, 0.2) is 0 Å². The molecule has 138 valence electrons. The zero-order valence-corrected chi connectivity index (χ0v) is 14.9. The normalized spacial score (nSPS) is 13.3. The van der Waals surface area contributed by atoms with E-state index in [0.717, 1.165) is 17.8 Å². The van der Waals surface area contributed by atoms with Crippen molar-refractivity contribution in [1.82, 2.24) is 19.4 Å². The summed E-state index contributed by atoms with van der Waals surface area (Å²) < 4.78 is 52.6. The van der Waals surface area contributed by atoms with Crippen molar-refractivity contribution in [2.24, 2.45) is 0 Å². The van der Waals surface area contributed by atoms with E-state index in [-0.39, 0.29) is 5.65 Å². The van der Waals surface area contributed by atoms with Gasteiger partial charge in [0.05, 0.1) is 21.2 Å². The summed E-state index contributed by atoms with van der Waals surface area (Å²) in [5.41, 5.74) is 0.506. The molecule has 3 heterocycles. The minimum atomic E-state index is -4.55. The molecule has 0 radical (unpaired) electrons. The molecule has 0 saturated carbocycles. The SMILES string of the molecule is CCS(=O)c1cc2ccccc2nc1-c1cn2cnc(C(F)(F)F)cc2n1. The number of hydrogen-bond acceptors (Lipinski definition) is 4. The van der Waals surface area contributed by atoms with E-state index in [1.807, 2.05) is 24.3 Å². The molecule has 9 heteroatoms. The number of alkyl halides is 3. The second-order valence-corrected chi connectivity index (χ2v) is 7.53. The predicted molar refractivity (Wildman–Crippen MR) is 95.7 cm³/mol. The van der Waals surface area contributed by atoms with Gasteiger partial charge >= 0.3 is 6.18 Å². The topological polar surface area (TPSA) is 60.2 Å². The summed E-state index contributed by atoms with van der Waals surface area (Å²) in [5.74, 6) is 0.389. The first kappa shape index (κ1) is 17.6. The van der Waals surface area contributed by atoms with Crippen LogP contribution in [0.5, 0.6) is 0 Å². The largest absolute Gasteiger partial charge is 0.433 e. The zero-order valence-electron chi connectivity index (χ0n) is 14.1. The summed E-state index contributed by atoms with van der Waals surface area (Å²) in [6.45, 7) is 1.79. The Morgan fingerprint density at radius 1 is 1.15 bits per heavy atom. The van der Waals surface area contributed by atoms with Gasteiger partial charge in [0.2, 0.25) is 0 Å². The number of halogens is 3. The maximum absolute atomic E-state index is 12.9. The van der Waals surface area contributed by atoms with Crippen molar-refractivity contribution >= 4 is 27.3 Å². The number of fused-ring (bicyclic) bond motifs is 2. The summed E-state index contributed by atoms with van der Waals surface area (Å²) in [4.78, 5) is 12.8. The first-order valence-electron chi connectivity index (χ1n) is 8.07. The third-order valence-corrected chi connectivity index (χ3v) is 5.40. The predicted octanol–water partition coefficient (Wildman–Crippen LogP) is 4.09. The molecule has 0 fully saturated rings. The monoisotopic (exact) mass is 390 g/mol. The number of hydrogen-bond donors (Lipinski definition) is 0. The fraction of sp³-hybridized carbons (Fsp3) is 0.167. The second-order valence-electron chi connectivity index (χ2n) is 5.83. The number of para-hydroxylation sites is 1. The molecule has 0 N–H and O–H groups in total. The van der Waals surface area contributed by atoms with Crippen LogP contribution in [0, 0.1) is 0 Å². The molecule has 1 atom stereocenters.